The molecule has 2 nitrogen and oxygen atoms in total. The van der Waals surface area contributed by atoms with Gasteiger partial charge in [0.15, 0.2) is 0 Å². The number of hydrogen-bond donors (Lipinski definition) is 0. The molecule has 0 aliphatic heterocycles. The lowest BCUT2D eigenvalue weighted by Gasteiger charge is -2.09. The van der Waals surface area contributed by atoms with Gasteiger partial charge in [0, 0.05) is 19.6 Å². The van der Waals surface area contributed by atoms with Crippen LogP contribution in [-0.2, 0) is 4.79 Å². The largest absolute Gasteiger partial charge is 0.240 e. The van der Waals surface area contributed by atoms with Crippen LogP contribution in [0.3, 0.4) is 0 Å². The summed E-state index contributed by atoms with van der Waals surface area (Å²) in [6.45, 7) is 0. The van der Waals surface area contributed by atoms with Gasteiger partial charge >= 0.3 is 0 Å². The lowest BCUT2D eigenvalue weighted by atomic mass is 10.3. The van der Waals surface area contributed by atoms with E-state index in [1.807, 2.05) is 54.6 Å². The van der Waals surface area contributed by atoms with Crippen molar-refractivity contribution >= 4 is 35.3 Å². The van der Waals surface area contributed by atoms with E-state index in [1.165, 1.54) is 9.79 Å². The van der Waals surface area contributed by atoms with Crippen molar-refractivity contribution < 1.29 is 4.79 Å². The Balaban J connectivity index is 1.91. The van der Waals surface area contributed by atoms with Crippen molar-refractivity contribution in [1.82, 2.24) is 0 Å². The van der Waals surface area contributed by atoms with Crippen molar-refractivity contribution in [3.8, 4) is 0 Å². The third kappa shape index (κ3) is 4.14. The molecule has 0 heterocycles. The molecule has 0 saturated carbocycles. The summed E-state index contributed by atoms with van der Waals surface area (Å²) in [5.41, 5.74) is 0.645. The normalized spacial score (nSPS) is 10.1. The molecule has 0 radical (unpaired) electrons. The molecule has 0 fully saturated rings. The molecule has 0 spiro atoms. The molecule has 0 unspecified atom stereocenters. The Kier molecular flexibility index (Phi) is 5.33. The van der Waals surface area contributed by atoms with Gasteiger partial charge in [0.25, 0.3) is 0 Å². The molecule has 0 aliphatic carbocycles. The van der Waals surface area contributed by atoms with E-state index in [2.05, 4.69) is 29.3 Å². The van der Waals surface area contributed by atoms with Gasteiger partial charge in [0.05, 0.1) is 5.69 Å². The minimum atomic E-state index is 0.645. The highest BCUT2D eigenvalue weighted by atomic mass is 32.2. The molecule has 23 heavy (non-hydrogen) atoms. The summed E-state index contributed by atoms with van der Waals surface area (Å²) in [6.07, 6.45) is 1.62. The van der Waals surface area contributed by atoms with E-state index in [9.17, 15) is 4.79 Å². The maximum atomic E-state index is 10.6. The molecule has 0 amide bonds. The van der Waals surface area contributed by atoms with E-state index in [1.54, 1.807) is 29.6 Å². The number of carbonyl (C=O) groups excluding carboxylic acids is 1. The van der Waals surface area contributed by atoms with Crippen LogP contribution in [0.2, 0.25) is 0 Å². The van der Waals surface area contributed by atoms with E-state index >= 15 is 0 Å². The third-order valence-corrected chi connectivity index (χ3v) is 5.43. The molecule has 0 saturated heterocycles. The zero-order valence-electron chi connectivity index (χ0n) is 12.2. The lowest BCUT2D eigenvalue weighted by molar-refractivity contribution is 0.565. The maximum absolute atomic E-state index is 10.6. The monoisotopic (exact) mass is 335 g/mol. The SMILES string of the molecule is O=C=Nc1ccccc1Sc1ccccc1Sc1ccccc1. The number of nitrogens with zero attached hydrogens (tertiary/aromatic N) is 1. The first-order chi connectivity index (χ1) is 11.4. The molecule has 0 bridgehead atoms. The van der Waals surface area contributed by atoms with Crippen LogP contribution in [0.15, 0.2) is 103 Å². The number of isocyanates is 1. The molecular weight excluding hydrogens is 322 g/mol. The number of hydrogen-bond acceptors (Lipinski definition) is 4. The van der Waals surface area contributed by atoms with Gasteiger partial charge in [-0.05, 0) is 36.4 Å². The Morgan fingerprint density at radius 3 is 1.91 bits per heavy atom. The number of rotatable bonds is 5. The van der Waals surface area contributed by atoms with E-state index in [-0.39, 0.29) is 0 Å². The van der Waals surface area contributed by atoms with Crippen LogP contribution in [0.1, 0.15) is 0 Å². The van der Waals surface area contributed by atoms with Gasteiger partial charge in [-0.25, -0.2) is 4.79 Å². The summed E-state index contributed by atoms with van der Waals surface area (Å²) in [6, 6.07) is 26.1. The molecule has 4 heteroatoms. The first-order valence-corrected chi connectivity index (χ1v) is 8.67. The van der Waals surface area contributed by atoms with Crippen LogP contribution in [0.25, 0.3) is 0 Å². The fraction of sp³-hybridized carbons (Fsp3) is 0. The Hall–Kier alpha value is -2.26. The summed E-state index contributed by atoms with van der Waals surface area (Å²) in [5, 5.41) is 0. The van der Waals surface area contributed by atoms with Crippen LogP contribution in [0.5, 0.6) is 0 Å². The first-order valence-electron chi connectivity index (χ1n) is 7.03. The van der Waals surface area contributed by atoms with Crippen molar-refractivity contribution in [3.05, 3.63) is 78.9 Å². The van der Waals surface area contributed by atoms with E-state index in [4.69, 9.17) is 0 Å². The average Bonchev–Trinajstić information content (AvgIpc) is 2.59. The van der Waals surface area contributed by atoms with Gasteiger partial charge in [-0.1, -0.05) is 66.0 Å². The van der Waals surface area contributed by atoms with Gasteiger partial charge in [-0.3, -0.25) is 0 Å². The highest BCUT2D eigenvalue weighted by Gasteiger charge is 2.08. The number of benzene rings is 3. The van der Waals surface area contributed by atoms with Crippen molar-refractivity contribution in [2.45, 2.75) is 19.6 Å². The van der Waals surface area contributed by atoms with Gasteiger partial charge < -0.3 is 0 Å². The Morgan fingerprint density at radius 1 is 0.652 bits per heavy atom. The molecule has 0 atom stereocenters. The molecule has 3 aromatic carbocycles. The second-order valence-electron chi connectivity index (χ2n) is 4.63. The quantitative estimate of drug-likeness (QED) is 0.426. The van der Waals surface area contributed by atoms with E-state index in [0.717, 1.165) is 9.79 Å². The van der Waals surface area contributed by atoms with E-state index < -0.39 is 0 Å². The van der Waals surface area contributed by atoms with Crippen molar-refractivity contribution in [1.29, 1.82) is 0 Å². The summed E-state index contributed by atoms with van der Waals surface area (Å²) in [4.78, 5) is 18.8. The van der Waals surface area contributed by atoms with Crippen molar-refractivity contribution in [3.63, 3.8) is 0 Å². The summed E-state index contributed by atoms with van der Waals surface area (Å²) in [5.74, 6) is 0. The van der Waals surface area contributed by atoms with Crippen LogP contribution >= 0.6 is 23.5 Å². The zero-order valence-corrected chi connectivity index (χ0v) is 13.8. The minimum absolute atomic E-state index is 0.645. The molecule has 112 valence electrons. The van der Waals surface area contributed by atoms with Gasteiger partial charge in [-0.15, -0.1) is 0 Å². The Bertz CT molecular complexity index is 843. The second-order valence-corrected chi connectivity index (χ2v) is 6.83. The third-order valence-electron chi connectivity index (χ3n) is 3.07. The van der Waals surface area contributed by atoms with Gasteiger partial charge in [-0.2, -0.15) is 4.99 Å². The highest BCUT2D eigenvalue weighted by molar-refractivity contribution is 8.02. The zero-order chi connectivity index (χ0) is 15.9. The van der Waals surface area contributed by atoms with Crippen molar-refractivity contribution in [2.24, 2.45) is 4.99 Å². The second kappa shape index (κ2) is 7.84. The number of aliphatic imine (C=N–C) groups is 1. The first kappa shape index (κ1) is 15.6. The fourth-order valence-corrected chi connectivity index (χ4v) is 4.07. The Labute approximate surface area is 143 Å². The lowest BCUT2D eigenvalue weighted by Crippen LogP contribution is -1.80. The predicted octanol–water partition coefficient (Wildman–Crippen LogP) is 5.96. The molecule has 0 aliphatic rings. The van der Waals surface area contributed by atoms with Crippen LogP contribution < -0.4 is 0 Å². The predicted molar refractivity (Wildman–Crippen MR) is 95.4 cm³/mol. The van der Waals surface area contributed by atoms with Gasteiger partial charge in [0.1, 0.15) is 0 Å². The minimum Gasteiger partial charge on any atom is -0.211 e. The molecule has 3 aromatic rings. The van der Waals surface area contributed by atoms with Crippen LogP contribution in [0.4, 0.5) is 5.69 Å². The summed E-state index contributed by atoms with van der Waals surface area (Å²) < 4.78 is 0. The molecular formula is C19H13NOS2. The highest BCUT2D eigenvalue weighted by Crippen LogP contribution is 2.41. The topological polar surface area (TPSA) is 29.4 Å². The summed E-state index contributed by atoms with van der Waals surface area (Å²) in [7, 11) is 0. The molecule has 0 N–H and O–H groups in total. The Morgan fingerprint density at radius 2 is 1.22 bits per heavy atom. The van der Waals surface area contributed by atoms with Crippen LogP contribution in [-0.4, -0.2) is 6.08 Å². The van der Waals surface area contributed by atoms with Crippen molar-refractivity contribution in [2.75, 3.05) is 0 Å². The summed E-state index contributed by atoms with van der Waals surface area (Å²) >= 11 is 3.33. The maximum Gasteiger partial charge on any atom is 0.240 e. The number of para-hydroxylation sites is 1. The van der Waals surface area contributed by atoms with Crippen LogP contribution in [0, 0.1) is 0 Å². The smallest absolute Gasteiger partial charge is 0.211 e. The fourth-order valence-electron chi connectivity index (χ4n) is 2.04. The van der Waals surface area contributed by atoms with Gasteiger partial charge in [0.2, 0.25) is 6.08 Å². The molecule has 0 aromatic heterocycles. The molecule has 3 rings (SSSR count). The standard InChI is InChI=1S/C19H13NOS2/c21-14-20-16-10-4-5-11-17(16)23-19-13-7-6-12-18(19)22-15-8-2-1-3-9-15/h1-13H. The van der Waals surface area contributed by atoms with E-state index in [0.29, 0.717) is 5.69 Å². The average molecular weight is 335 g/mol.